The maximum Gasteiger partial charge on any atom is 0.276 e. The van der Waals surface area contributed by atoms with Crippen LogP contribution in [-0.4, -0.2) is 28.7 Å². The van der Waals surface area contributed by atoms with Gasteiger partial charge in [-0.25, -0.2) is 0 Å². The molecular formula is C21H18N4O4. The highest BCUT2D eigenvalue weighted by Gasteiger charge is 2.13. The van der Waals surface area contributed by atoms with Gasteiger partial charge in [0.15, 0.2) is 23.0 Å². The monoisotopic (exact) mass is 390 g/mol. The van der Waals surface area contributed by atoms with Crippen molar-refractivity contribution in [3.63, 3.8) is 0 Å². The molecule has 0 saturated heterocycles. The minimum absolute atomic E-state index is 0.0300. The lowest BCUT2D eigenvalue weighted by atomic mass is 10.1. The third kappa shape index (κ3) is 4.32. The summed E-state index contributed by atoms with van der Waals surface area (Å²) in [5.41, 5.74) is 2.36. The van der Waals surface area contributed by atoms with Crippen LogP contribution in [0.15, 0.2) is 54.6 Å². The molecule has 8 nitrogen and oxygen atoms in total. The number of anilines is 2. The summed E-state index contributed by atoms with van der Waals surface area (Å²) < 4.78 is 10.7. The van der Waals surface area contributed by atoms with Crippen LogP contribution in [0.5, 0.6) is 11.5 Å². The molecule has 8 heteroatoms. The summed E-state index contributed by atoms with van der Waals surface area (Å²) >= 11 is 0. The average molecular weight is 390 g/mol. The predicted molar refractivity (Wildman–Crippen MR) is 106 cm³/mol. The Balaban J connectivity index is 1.34. The zero-order chi connectivity index (χ0) is 20.2. The van der Waals surface area contributed by atoms with E-state index in [2.05, 4.69) is 20.8 Å². The van der Waals surface area contributed by atoms with Crippen LogP contribution < -0.4 is 20.1 Å². The molecule has 146 valence electrons. The summed E-state index contributed by atoms with van der Waals surface area (Å²) in [5, 5.41) is 13.9. The third-order valence-corrected chi connectivity index (χ3v) is 4.36. The Kier molecular flexibility index (Phi) is 5.07. The first-order valence-corrected chi connectivity index (χ1v) is 8.97. The first-order valence-electron chi connectivity index (χ1n) is 8.97. The molecular weight excluding hydrogens is 372 g/mol. The molecule has 0 spiro atoms. The second-order valence-corrected chi connectivity index (χ2v) is 6.43. The minimum Gasteiger partial charge on any atom is -0.454 e. The fourth-order valence-electron chi connectivity index (χ4n) is 2.77. The molecule has 0 atom stereocenters. The van der Waals surface area contributed by atoms with Gasteiger partial charge in [-0.15, -0.1) is 10.2 Å². The largest absolute Gasteiger partial charge is 0.454 e. The van der Waals surface area contributed by atoms with Gasteiger partial charge in [-0.3, -0.25) is 9.59 Å². The van der Waals surface area contributed by atoms with Gasteiger partial charge in [0.25, 0.3) is 5.91 Å². The van der Waals surface area contributed by atoms with Gasteiger partial charge in [-0.1, -0.05) is 6.07 Å². The lowest BCUT2D eigenvalue weighted by molar-refractivity contribution is 0.101. The molecule has 2 N–H and O–H groups in total. The van der Waals surface area contributed by atoms with Gasteiger partial charge in [0.1, 0.15) is 5.82 Å². The number of benzene rings is 2. The number of ether oxygens (including phenoxy) is 2. The number of nitrogens with one attached hydrogen (secondary N) is 2. The molecule has 3 aromatic rings. The molecule has 0 aliphatic carbocycles. The maximum absolute atomic E-state index is 12.3. The fraction of sp³-hybridized carbons (Fsp3) is 0.143. The van der Waals surface area contributed by atoms with Crippen molar-refractivity contribution in [2.24, 2.45) is 0 Å². The summed E-state index contributed by atoms with van der Waals surface area (Å²) in [6, 6.07) is 15.6. The van der Waals surface area contributed by atoms with Crippen LogP contribution in [0.2, 0.25) is 0 Å². The molecule has 0 saturated carbocycles. The van der Waals surface area contributed by atoms with Crippen LogP contribution >= 0.6 is 0 Å². The molecule has 1 aromatic heterocycles. The number of amides is 1. The molecule has 1 amide bonds. The van der Waals surface area contributed by atoms with Crippen LogP contribution in [0.25, 0.3) is 0 Å². The molecule has 0 fully saturated rings. The normalized spacial score (nSPS) is 11.8. The Bertz CT molecular complexity index is 1050. The SMILES string of the molecule is CC(=O)c1ccc(NC(=O)c2ccc(NCc3ccc4c(c3)OCO4)nn2)cc1. The minimum atomic E-state index is -0.379. The van der Waals surface area contributed by atoms with E-state index in [0.29, 0.717) is 23.6 Å². The predicted octanol–water partition coefficient (Wildman–Crippen LogP) is 3.27. The molecule has 1 aliphatic heterocycles. The second kappa shape index (κ2) is 7.97. The van der Waals surface area contributed by atoms with Crippen LogP contribution in [0.1, 0.15) is 33.3 Å². The van der Waals surface area contributed by atoms with Gasteiger partial charge < -0.3 is 20.1 Å². The zero-order valence-corrected chi connectivity index (χ0v) is 15.6. The molecule has 0 unspecified atom stereocenters. The van der Waals surface area contributed by atoms with Crippen LogP contribution in [0, 0.1) is 0 Å². The zero-order valence-electron chi connectivity index (χ0n) is 15.6. The maximum atomic E-state index is 12.3. The van der Waals surface area contributed by atoms with Crippen molar-refractivity contribution < 1.29 is 19.1 Å². The average Bonchev–Trinajstić information content (AvgIpc) is 3.21. The lowest BCUT2D eigenvalue weighted by Crippen LogP contribution is -2.15. The van der Waals surface area contributed by atoms with Gasteiger partial charge in [0.2, 0.25) is 6.79 Å². The number of rotatable bonds is 6. The Labute approximate surface area is 166 Å². The van der Waals surface area contributed by atoms with Crippen molar-refractivity contribution in [3.8, 4) is 11.5 Å². The van der Waals surface area contributed by atoms with Gasteiger partial charge in [0.05, 0.1) is 0 Å². The first kappa shape index (κ1) is 18.4. The number of carbonyl (C=O) groups excluding carboxylic acids is 2. The number of Topliss-reactive ketones (excluding diaryl/α,β-unsaturated/α-hetero) is 1. The summed E-state index contributed by atoms with van der Waals surface area (Å²) in [5.74, 6) is 1.59. The first-order chi connectivity index (χ1) is 14.1. The summed E-state index contributed by atoms with van der Waals surface area (Å²) in [6.07, 6.45) is 0. The van der Waals surface area contributed by atoms with E-state index in [0.717, 1.165) is 17.1 Å². The molecule has 0 bridgehead atoms. The lowest BCUT2D eigenvalue weighted by Gasteiger charge is -2.07. The van der Waals surface area contributed by atoms with Gasteiger partial charge in [-0.2, -0.15) is 0 Å². The van der Waals surface area contributed by atoms with E-state index in [1.54, 1.807) is 36.4 Å². The van der Waals surface area contributed by atoms with Crippen molar-refractivity contribution in [3.05, 3.63) is 71.4 Å². The molecule has 2 aromatic carbocycles. The number of fused-ring (bicyclic) bond motifs is 1. The van der Waals surface area contributed by atoms with Crippen molar-refractivity contribution >= 4 is 23.2 Å². The van der Waals surface area contributed by atoms with Crippen molar-refractivity contribution in [2.75, 3.05) is 17.4 Å². The molecule has 29 heavy (non-hydrogen) atoms. The van der Waals surface area contributed by atoms with E-state index in [1.807, 2.05) is 18.2 Å². The highest BCUT2D eigenvalue weighted by atomic mass is 16.7. The topological polar surface area (TPSA) is 102 Å². The van der Waals surface area contributed by atoms with Crippen LogP contribution in [-0.2, 0) is 6.54 Å². The van der Waals surface area contributed by atoms with Crippen molar-refractivity contribution in [2.45, 2.75) is 13.5 Å². The fourth-order valence-corrected chi connectivity index (χ4v) is 2.77. The van der Waals surface area contributed by atoms with Crippen molar-refractivity contribution in [1.29, 1.82) is 0 Å². The molecule has 4 rings (SSSR count). The molecule has 0 radical (unpaired) electrons. The molecule has 1 aliphatic rings. The number of carbonyl (C=O) groups is 2. The van der Waals surface area contributed by atoms with E-state index >= 15 is 0 Å². The van der Waals surface area contributed by atoms with E-state index in [1.165, 1.54) is 6.92 Å². The van der Waals surface area contributed by atoms with E-state index in [9.17, 15) is 9.59 Å². The van der Waals surface area contributed by atoms with Gasteiger partial charge in [0, 0.05) is 17.8 Å². The number of aromatic nitrogens is 2. The number of nitrogens with zero attached hydrogens (tertiary/aromatic N) is 2. The van der Waals surface area contributed by atoms with Gasteiger partial charge >= 0.3 is 0 Å². The highest BCUT2D eigenvalue weighted by molar-refractivity contribution is 6.03. The number of ketones is 1. The van der Waals surface area contributed by atoms with Crippen molar-refractivity contribution in [1.82, 2.24) is 10.2 Å². The Morgan fingerprint density at radius 3 is 2.48 bits per heavy atom. The summed E-state index contributed by atoms with van der Waals surface area (Å²) in [4.78, 5) is 23.6. The number of hydrogen-bond acceptors (Lipinski definition) is 7. The van der Waals surface area contributed by atoms with E-state index in [-0.39, 0.29) is 24.2 Å². The number of hydrogen-bond donors (Lipinski definition) is 2. The Morgan fingerprint density at radius 1 is 0.966 bits per heavy atom. The second-order valence-electron chi connectivity index (χ2n) is 6.43. The smallest absolute Gasteiger partial charge is 0.276 e. The summed E-state index contributed by atoms with van der Waals surface area (Å²) in [7, 11) is 0. The quantitative estimate of drug-likeness (QED) is 0.623. The van der Waals surface area contributed by atoms with E-state index in [4.69, 9.17) is 9.47 Å². The molecule has 2 heterocycles. The Morgan fingerprint density at radius 2 is 1.76 bits per heavy atom. The van der Waals surface area contributed by atoms with Gasteiger partial charge in [-0.05, 0) is 61.0 Å². The Hall–Kier alpha value is -3.94. The van der Waals surface area contributed by atoms with Crippen LogP contribution in [0.4, 0.5) is 11.5 Å². The highest BCUT2D eigenvalue weighted by Crippen LogP contribution is 2.32. The third-order valence-electron chi connectivity index (χ3n) is 4.36. The summed E-state index contributed by atoms with van der Waals surface area (Å²) in [6.45, 7) is 2.26. The van der Waals surface area contributed by atoms with E-state index < -0.39 is 0 Å². The standard InChI is InChI=1S/C21H18N4O4/c1-13(26)15-3-5-16(6-4-15)23-21(27)17-7-9-20(25-24-17)22-11-14-2-8-18-19(10-14)29-12-28-18/h2-10H,11-12H2,1H3,(H,22,25)(H,23,27). The van der Waals surface area contributed by atoms with Crippen LogP contribution in [0.3, 0.4) is 0 Å².